The van der Waals surface area contributed by atoms with Crippen LogP contribution in [0.15, 0.2) is 4.99 Å². The maximum Gasteiger partial charge on any atom is 0.392 e. The molecule has 1 atom stereocenters. The van der Waals surface area contributed by atoms with Crippen molar-refractivity contribution in [3.63, 3.8) is 0 Å². The highest BCUT2D eigenvalue weighted by molar-refractivity contribution is 6.22. The third kappa shape index (κ3) is 2.71. The molecule has 0 aromatic heterocycles. The fraction of sp³-hybridized carbons (Fsp3) is 0.778. The van der Waals surface area contributed by atoms with Gasteiger partial charge in [0.25, 0.3) is 5.91 Å². The maximum atomic E-state index is 13.1. The van der Waals surface area contributed by atoms with E-state index in [9.17, 15) is 9.59 Å². The number of hydrogen-bond donors (Lipinski definition) is 0. The Morgan fingerprint density at radius 3 is 2.69 bits per heavy atom. The Kier molecular flexibility index (Phi) is 4.69. The second-order valence-corrected chi connectivity index (χ2v) is 7.53. The number of fused-ring (bicyclic) bond motifs is 2. The Balaban J connectivity index is 1.65. The number of aliphatic imine (C=N–C) groups is 1. The molecule has 3 amide bonds. The van der Waals surface area contributed by atoms with Crippen LogP contribution < -0.4 is 0 Å². The number of rotatable bonds is 4. The molecule has 1 aliphatic carbocycles. The van der Waals surface area contributed by atoms with E-state index in [1.54, 1.807) is 14.2 Å². The largest absolute Gasteiger partial charge is 0.392 e. The number of imide groups is 1. The van der Waals surface area contributed by atoms with Crippen LogP contribution in [0.5, 0.6) is 0 Å². The lowest BCUT2D eigenvalue weighted by atomic mass is 9.94. The average Bonchev–Trinajstić information content (AvgIpc) is 3.07. The summed E-state index contributed by atoms with van der Waals surface area (Å²) in [6.45, 7) is 2.41. The van der Waals surface area contributed by atoms with E-state index in [0.29, 0.717) is 18.5 Å². The third-order valence-electron chi connectivity index (χ3n) is 5.98. The molecular weight excluding hydrogens is 334 g/mol. The average molecular weight is 362 g/mol. The zero-order valence-electron chi connectivity index (χ0n) is 15.7. The van der Waals surface area contributed by atoms with Crippen molar-refractivity contribution in [2.24, 2.45) is 4.99 Å². The molecule has 4 rings (SSSR count). The van der Waals surface area contributed by atoms with Gasteiger partial charge in [-0.25, -0.2) is 9.37 Å². The molecule has 2 fully saturated rings. The van der Waals surface area contributed by atoms with Crippen molar-refractivity contribution in [2.45, 2.75) is 50.6 Å². The number of amidine groups is 1. The molecule has 8 nitrogen and oxygen atoms in total. The number of nitrogens with zero attached hydrogens (tertiary/aromatic N) is 5. The van der Waals surface area contributed by atoms with E-state index < -0.39 is 6.04 Å². The summed E-state index contributed by atoms with van der Waals surface area (Å²) in [4.78, 5) is 35.7. The molecule has 3 heterocycles. The van der Waals surface area contributed by atoms with Crippen molar-refractivity contribution < 1.29 is 18.9 Å². The number of amides is 3. The minimum atomic E-state index is -0.476. The van der Waals surface area contributed by atoms with Crippen LogP contribution in [-0.4, -0.2) is 95.5 Å². The number of urea groups is 1. The molecular formula is C18H28N5O3+. The Morgan fingerprint density at radius 2 is 1.96 bits per heavy atom. The van der Waals surface area contributed by atoms with E-state index in [4.69, 9.17) is 9.73 Å². The van der Waals surface area contributed by atoms with Gasteiger partial charge in [-0.05, 0) is 12.8 Å². The first-order chi connectivity index (χ1) is 12.6. The first-order valence-corrected chi connectivity index (χ1v) is 9.70. The predicted octanol–water partition coefficient (Wildman–Crippen LogP) is 0.714. The van der Waals surface area contributed by atoms with E-state index in [1.807, 2.05) is 0 Å². The summed E-state index contributed by atoms with van der Waals surface area (Å²) in [6.07, 6.45) is 7.23. The highest BCUT2D eigenvalue weighted by atomic mass is 16.5. The van der Waals surface area contributed by atoms with E-state index in [0.717, 1.165) is 25.5 Å². The van der Waals surface area contributed by atoms with Crippen molar-refractivity contribution in [1.29, 1.82) is 0 Å². The summed E-state index contributed by atoms with van der Waals surface area (Å²) in [5.74, 6) is 1.29. The van der Waals surface area contributed by atoms with Gasteiger partial charge in [0.15, 0.2) is 0 Å². The molecule has 0 aromatic rings. The first-order valence-electron chi connectivity index (χ1n) is 9.70. The molecule has 26 heavy (non-hydrogen) atoms. The Labute approximate surface area is 154 Å². The van der Waals surface area contributed by atoms with Gasteiger partial charge in [0.2, 0.25) is 11.9 Å². The van der Waals surface area contributed by atoms with Gasteiger partial charge in [-0.1, -0.05) is 24.3 Å². The van der Waals surface area contributed by atoms with Gasteiger partial charge >= 0.3 is 12.0 Å². The van der Waals surface area contributed by atoms with E-state index >= 15 is 0 Å². The monoisotopic (exact) mass is 362 g/mol. The predicted molar refractivity (Wildman–Crippen MR) is 96.3 cm³/mol. The van der Waals surface area contributed by atoms with Crippen molar-refractivity contribution in [3.05, 3.63) is 0 Å². The van der Waals surface area contributed by atoms with E-state index in [2.05, 4.69) is 9.48 Å². The fourth-order valence-corrected chi connectivity index (χ4v) is 4.60. The van der Waals surface area contributed by atoms with Crippen molar-refractivity contribution in [2.75, 3.05) is 40.4 Å². The number of guanidine groups is 1. The topological polar surface area (TPSA) is 68.5 Å². The van der Waals surface area contributed by atoms with Gasteiger partial charge in [-0.2, -0.15) is 0 Å². The quantitative estimate of drug-likeness (QED) is 0.691. The van der Waals surface area contributed by atoms with Crippen LogP contribution >= 0.6 is 0 Å². The molecule has 142 valence electrons. The van der Waals surface area contributed by atoms with Crippen molar-refractivity contribution in [3.8, 4) is 0 Å². The number of carbonyl (C=O) groups excluding carboxylic acids is 2. The highest BCUT2D eigenvalue weighted by Crippen LogP contribution is 2.28. The summed E-state index contributed by atoms with van der Waals surface area (Å²) in [6, 6.07) is -0.283. The summed E-state index contributed by atoms with van der Waals surface area (Å²) >= 11 is 0. The first kappa shape index (κ1) is 17.5. The molecule has 3 aliphatic heterocycles. The number of carbonyl (C=O) groups is 2. The SMILES string of the molecule is COCCN1C(=O)C2C(=NC3=[N+]2CCCN3C2CCCCC2)N(C)C1=O. The van der Waals surface area contributed by atoms with Gasteiger partial charge in [-0.15, -0.1) is 0 Å². The molecule has 0 N–H and O–H groups in total. The Morgan fingerprint density at radius 1 is 1.19 bits per heavy atom. The zero-order chi connectivity index (χ0) is 18.3. The third-order valence-corrected chi connectivity index (χ3v) is 5.98. The second-order valence-electron chi connectivity index (χ2n) is 7.53. The molecule has 1 unspecified atom stereocenters. The zero-order valence-corrected chi connectivity index (χ0v) is 15.7. The van der Waals surface area contributed by atoms with Gasteiger partial charge < -0.3 is 4.74 Å². The summed E-state index contributed by atoms with van der Waals surface area (Å²) in [5.41, 5.74) is 0. The Bertz CT molecular complexity index is 668. The lowest BCUT2D eigenvalue weighted by Crippen LogP contribution is -2.63. The van der Waals surface area contributed by atoms with Gasteiger partial charge in [0.1, 0.15) is 0 Å². The maximum absolute atomic E-state index is 13.1. The highest BCUT2D eigenvalue weighted by Gasteiger charge is 2.54. The van der Waals surface area contributed by atoms with Gasteiger partial charge in [-0.3, -0.25) is 19.5 Å². The van der Waals surface area contributed by atoms with Crippen LogP contribution in [0.25, 0.3) is 0 Å². The molecule has 1 saturated heterocycles. The van der Waals surface area contributed by atoms with Crippen LogP contribution in [0.4, 0.5) is 4.79 Å². The molecule has 0 spiro atoms. The summed E-state index contributed by atoms with van der Waals surface area (Å²) < 4.78 is 7.18. The number of hydrogen-bond acceptors (Lipinski definition) is 5. The van der Waals surface area contributed by atoms with Crippen LogP contribution in [-0.2, 0) is 9.53 Å². The molecule has 0 aromatic carbocycles. The molecule has 8 heteroatoms. The lowest BCUT2D eigenvalue weighted by Gasteiger charge is -2.35. The van der Waals surface area contributed by atoms with E-state index in [1.165, 1.54) is 41.9 Å². The minimum Gasteiger partial charge on any atom is -0.383 e. The normalized spacial score (nSPS) is 27.1. The van der Waals surface area contributed by atoms with Crippen molar-refractivity contribution in [1.82, 2.24) is 14.7 Å². The fourth-order valence-electron chi connectivity index (χ4n) is 4.60. The molecule has 4 aliphatic rings. The van der Waals surface area contributed by atoms with Crippen LogP contribution in [0, 0.1) is 0 Å². The van der Waals surface area contributed by atoms with Crippen LogP contribution in [0.2, 0.25) is 0 Å². The summed E-state index contributed by atoms with van der Waals surface area (Å²) in [5, 5.41) is 0. The van der Waals surface area contributed by atoms with Crippen LogP contribution in [0.1, 0.15) is 38.5 Å². The standard InChI is InChI=1S/C18H28N5O3/c1-20-15-14(16(24)23(18(20)25)11-12-26-2)22-10-6-9-21(17(22)19-15)13-7-4-3-5-8-13/h13-14H,3-12H2,1-2H3/q+1. The van der Waals surface area contributed by atoms with E-state index in [-0.39, 0.29) is 18.5 Å². The van der Waals surface area contributed by atoms with Crippen molar-refractivity contribution >= 4 is 23.7 Å². The molecule has 0 bridgehead atoms. The smallest absolute Gasteiger partial charge is 0.383 e. The minimum absolute atomic E-state index is 0.176. The summed E-state index contributed by atoms with van der Waals surface area (Å²) in [7, 11) is 3.29. The van der Waals surface area contributed by atoms with Gasteiger partial charge in [0, 0.05) is 20.6 Å². The Hall–Kier alpha value is -1.96. The van der Waals surface area contributed by atoms with Crippen LogP contribution in [0.3, 0.4) is 0 Å². The second kappa shape index (κ2) is 6.98. The molecule has 1 saturated carbocycles. The number of likely N-dealkylation sites (N-methyl/N-ethyl adjacent to an activating group) is 1. The lowest BCUT2D eigenvalue weighted by molar-refractivity contribution is -0.546. The number of ether oxygens (including phenoxy) is 1. The van der Waals surface area contributed by atoms with Gasteiger partial charge in [0.05, 0.1) is 32.3 Å². The molecule has 0 radical (unpaired) electrons. The number of methoxy groups -OCH3 is 1.